The normalized spacial score (nSPS) is 12.8. The number of carboxylic acid groups (broad SMARTS) is 1. The number of hydrogen-bond donors (Lipinski definition) is 2. The lowest BCUT2D eigenvalue weighted by Crippen LogP contribution is -2.08. The van der Waals surface area contributed by atoms with Gasteiger partial charge in [-0.25, -0.2) is 9.17 Å². The molecule has 3 rings (SSSR count). The highest BCUT2D eigenvalue weighted by molar-refractivity contribution is 7.06. The molecule has 0 radical (unpaired) electrons. The summed E-state index contributed by atoms with van der Waals surface area (Å²) in [4.78, 5) is 11.8. The molecular weight excluding hydrogens is 218 g/mol. The third kappa shape index (κ3) is 1.06. The lowest BCUT2D eigenvalue weighted by Gasteiger charge is -2.10. The van der Waals surface area contributed by atoms with Crippen molar-refractivity contribution in [3.05, 3.63) is 16.8 Å². The lowest BCUT2D eigenvalue weighted by atomic mass is 10.1. The predicted octanol–water partition coefficient (Wildman–Crippen LogP) is 1.42. The Balaban J connectivity index is 2.23. The van der Waals surface area contributed by atoms with Crippen LogP contribution in [0.3, 0.4) is 0 Å². The minimum atomic E-state index is -1.10. The number of fused-ring (bicyclic) bond motifs is 3. The van der Waals surface area contributed by atoms with E-state index in [-0.39, 0.29) is 5.69 Å². The Hall–Kier alpha value is -1.89. The van der Waals surface area contributed by atoms with Crippen LogP contribution in [0.5, 0.6) is 0 Å². The first kappa shape index (κ1) is 8.42. The maximum absolute atomic E-state index is 10.8. The molecule has 0 bridgehead atoms. The molecule has 2 N–H and O–H groups in total. The summed E-state index contributed by atoms with van der Waals surface area (Å²) in [5.74, 6) is -0.637. The summed E-state index contributed by atoms with van der Waals surface area (Å²) in [6, 6.07) is 0. The summed E-state index contributed by atoms with van der Waals surface area (Å²) < 4.78 is 9.03. The summed E-state index contributed by atoms with van der Waals surface area (Å²) in [5, 5.41) is 15.3. The first-order valence-corrected chi connectivity index (χ1v) is 4.95. The van der Waals surface area contributed by atoms with Gasteiger partial charge in [0.15, 0.2) is 5.76 Å². The van der Waals surface area contributed by atoms with Crippen molar-refractivity contribution in [2.75, 3.05) is 5.32 Å². The average Bonchev–Trinajstić information content (AvgIpc) is 2.82. The number of hydrogen-bond acceptors (Lipinski definition) is 6. The zero-order chi connectivity index (χ0) is 10.4. The van der Waals surface area contributed by atoms with Gasteiger partial charge in [0.1, 0.15) is 5.69 Å². The van der Waals surface area contributed by atoms with E-state index in [0.717, 1.165) is 10.4 Å². The molecule has 0 amide bonds. The molecule has 3 heterocycles. The molecule has 76 valence electrons. The first-order chi connectivity index (χ1) is 7.27. The Morgan fingerprint density at radius 1 is 1.67 bits per heavy atom. The maximum atomic E-state index is 10.8. The van der Waals surface area contributed by atoms with Crippen LogP contribution in [0.15, 0.2) is 10.7 Å². The minimum Gasteiger partial charge on any atom is -0.476 e. The summed E-state index contributed by atoms with van der Waals surface area (Å²) >= 11 is 1.36. The topological polar surface area (TPSA) is 88.2 Å². The monoisotopic (exact) mass is 223 g/mol. The van der Waals surface area contributed by atoms with Crippen molar-refractivity contribution in [2.24, 2.45) is 0 Å². The van der Waals surface area contributed by atoms with Crippen LogP contribution in [-0.4, -0.2) is 20.6 Å². The number of aromatic nitrogens is 2. The van der Waals surface area contributed by atoms with E-state index in [9.17, 15) is 4.79 Å². The van der Waals surface area contributed by atoms with Crippen LogP contribution in [0.25, 0.3) is 11.3 Å². The van der Waals surface area contributed by atoms with E-state index in [2.05, 4.69) is 14.8 Å². The van der Waals surface area contributed by atoms with E-state index < -0.39 is 5.97 Å². The van der Waals surface area contributed by atoms with Crippen molar-refractivity contribution in [3.8, 4) is 11.3 Å². The second kappa shape index (κ2) is 2.80. The van der Waals surface area contributed by atoms with E-state index >= 15 is 0 Å². The number of aromatic carboxylic acids is 1. The zero-order valence-electron chi connectivity index (χ0n) is 7.35. The fourth-order valence-electron chi connectivity index (χ4n) is 1.53. The first-order valence-electron chi connectivity index (χ1n) is 4.18. The van der Waals surface area contributed by atoms with Crippen LogP contribution >= 0.6 is 11.5 Å². The van der Waals surface area contributed by atoms with Crippen molar-refractivity contribution >= 4 is 23.2 Å². The van der Waals surface area contributed by atoms with Crippen molar-refractivity contribution in [1.82, 2.24) is 9.53 Å². The van der Waals surface area contributed by atoms with Gasteiger partial charge in [0, 0.05) is 0 Å². The van der Waals surface area contributed by atoms with Gasteiger partial charge >= 0.3 is 5.97 Å². The molecule has 2 aromatic heterocycles. The standard InChI is InChI=1S/C8H5N3O3S/c12-8(13)6-5-7(14-11-6)3-1-10-15-4(3)2-9-5/h1,9H,2H2,(H,12,13). The van der Waals surface area contributed by atoms with Gasteiger partial charge in [-0.05, 0) is 11.5 Å². The van der Waals surface area contributed by atoms with E-state index in [4.69, 9.17) is 9.63 Å². The molecule has 0 aliphatic carbocycles. The third-order valence-corrected chi connectivity index (χ3v) is 3.01. The molecule has 2 aromatic rings. The SMILES string of the molecule is O=C(O)c1noc2c1NCc1sncc1-2. The van der Waals surface area contributed by atoms with Gasteiger partial charge in [-0.15, -0.1) is 0 Å². The van der Waals surface area contributed by atoms with E-state index in [0.29, 0.717) is 18.0 Å². The second-order valence-corrected chi connectivity index (χ2v) is 3.94. The maximum Gasteiger partial charge on any atom is 0.360 e. The molecule has 0 unspecified atom stereocenters. The number of carbonyl (C=O) groups is 1. The van der Waals surface area contributed by atoms with Crippen LogP contribution in [0.4, 0.5) is 5.69 Å². The van der Waals surface area contributed by atoms with Gasteiger partial charge in [0.05, 0.1) is 23.2 Å². The van der Waals surface area contributed by atoms with Crippen LogP contribution in [0.1, 0.15) is 15.4 Å². The smallest absolute Gasteiger partial charge is 0.360 e. The Bertz CT molecular complexity index is 545. The van der Waals surface area contributed by atoms with Gasteiger partial charge < -0.3 is 14.9 Å². The number of nitrogens with one attached hydrogen (secondary N) is 1. The van der Waals surface area contributed by atoms with Crippen LogP contribution in [0.2, 0.25) is 0 Å². The van der Waals surface area contributed by atoms with Crippen LogP contribution < -0.4 is 5.32 Å². The van der Waals surface area contributed by atoms with E-state index in [1.54, 1.807) is 6.20 Å². The number of anilines is 1. The van der Waals surface area contributed by atoms with E-state index in [1.807, 2.05) is 0 Å². The van der Waals surface area contributed by atoms with Gasteiger partial charge in [0.25, 0.3) is 0 Å². The highest BCUT2D eigenvalue weighted by Gasteiger charge is 2.28. The second-order valence-electron chi connectivity index (χ2n) is 3.06. The van der Waals surface area contributed by atoms with Crippen LogP contribution in [-0.2, 0) is 6.54 Å². The molecular formula is C8H5N3O3S. The molecule has 7 heteroatoms. The predicted molar refractivity (Wildman–Crippen MR) is 51.9 cm³/mol. The number of rotatable bonds is 1. The largest absolute Gasteiger partial charge is 0.476 e. The number of carboxylic acids is 1. The lowest BCUT2D eigenvalue weighted by molar-refractivity contribution is 0.0687. The van der Waals surface area contributed by atoms with Gasteiger partial charge in [0.2, 0.25) is 5.69 Å². The van der Waals surface area contributed by atoms with Crippen molar-refractivity contribution in [2.45, 2.75) is 6.54 Å². The van der Waals surface area contributed by atoms with Crippen molar-refractivity contribution in [1.29, 1.82) is 0 Å². The fourth-order valence-corrected chi connectivity index (χ4v) is 2.20. The van der Waals surface area contributed by atoms with E-state index in [1.165, 1.54) is 11.5 Å². The Kier molecular flexibility index (Phi) is 1.57. The molecule has 0 spiro atoms. The molecule has 0 saturated carbocycles. The molecule has 15 heavy (non-hydrogen) atoms. The molecule has 0 fully saturated rings. The summed E-state index contributed by atoms with van der Waals surface area (Å²) in [6.07, 6.45) is 1.66. The molecule has 6 nitrogen and oxygen atoms in total. The Morgan fingerprint density at radius 3 is 3.33 bits per heavy atom. The van der Waals surface area contributed by atoms with Crippen molar-refractivity contribution < 1.29 is 14.4 Å². The van der Waals surface area contributed by atoms with Gasteiger partial charge in [-0.1, -0.05) is 5.16 Å². The highest BCUT2D eigenvalue weighted by Crippen LogP contribution is 2.38. The Labute approximate surface area is 87.7 Å². The molecule has 0 aromatic carbocycles. The third-order valence-electron chi connectivity index (χ3n) is 2.21. The number of nitrogens with zero attached hydrogens (tertiary/aromatic N) is 2. The van der Waals surface area contributed by atoms with Gasteiger partial charge in [-0.3, -0.25) is 0 Å². The highest BCUT2D eigenvalue weighted by atomic mass is 32.1. The average molecular weight is 223 g/mol. The molecule has 0 saturated heterocycles. The summed E-state index contributed by atoms with van der Waals surface area (Å²) in [5.41, 5.74) is 1.19. The van der Waals surface area contributed by atoms with Gasteiger partial charge in [-0.2, -0.15) is 0 Å². The van der Waals surface area contributed by atoms with Crippen LogP contribution in [0, 0.1) is 0 Å². The zero-order valence-corrected chi connectivity index (χ0v) is 8.17. The Morgan fingerprint density at radius 2 is 2.53 bits per heavy atom. The quantitative estimate of drug-likeness (QED) is 0.760. The molecule has 1 aliphatic heterocycles. The summed E-state index contributed by atoms with van der Waals surface area (Å²) in [6.45, 7) is 0.564. The van der Waals surface area contributed by atoms with Crippen molar-refractivity contribution in [3.63, 3.8) is 0 Å². The molecule has 0 atom stereocenters. The fraction of sp³-hybridized carbons (Fsp3) is 0.125. The minimum absolute atomic E-state index is 0.0816. The molecule has 1 aliphatic rings. The summed E-state index contributed by atoms with van der Waals surface area (Å²) in [7, 11) is 0.